The van der Waals surface area contributed by atoms with Gasteiger partial charge in [-0.15, -0.1) is 0 Å². The molecular weight excluding hydrogens is 242 g/mol. The van der Waals surface area contributed by atoms with Gasteiger partial charge >= 0.3 is 0 Å². The number of aromatic nitrogens is 3. The number of rotatable bonds is 5. The van der Waals surface area contributed by atoms with Crippen molar-refractivity contribution in [3.63, 3.8) is 0 Å². The fourth-order valence-corrected chi connectivity index (χ4v) is 1.96. The second kappa shape index (κ2) is 4.99. The van der Waals surface area contributed by atoms with E-state index in [0.29, 0.717) is 6.10 Å². The lowest BCUT2D eigenvalue weighted by Gasteiger charge is -2.14. The van der Waals surface area contributed by atoms with Gasteiger partial charge in [-0.05, 0) is 30.5 Å². The molecule has 19 heavy (non-hydrogen) atoms. The summed E-state index contributed by atoms with van der Waals surface area (Å²) in [6, 6.07) is 7.76. The van der Waals surface area contributed by atoms with E-state index in [-0.39, 0.29) is 6.04 Å². The summed E-state index contributed by atoms with van der Waals surface area (Å²) in [6.45, 7) is 0. The molecule has 1 aliphatic carbocycles. The van der Waals surface area contributed by atoms with Crippen LogP contribution in [0.5, 0.6) is 5.75 Å². The highest BCUT2D eigenvalue weighted by Crippen LogP contribution is 2.28. The third-order valence-electron chi connectivity index (χ3n) is 3.12. The Morgan fingerprint density at radius 1 is 1.37 bits per heavy atom. The van der Waals surface area contributed by atoms with Gasteiger partial charge in [0.15, 0.2) is 0 Å². The number of nitrogens with two attached hydrogens (primary N) is 1. The van der Waals surface area contributed by atoms with Gasteiger partial charge in [-0.2, -0.15) is 15.0 Å². The second-order valence-electron chi connectivity index (χ2n) is 4.74. The van der Waals surface area contributed by atoms with Crippen LogP contribution in [0, 0.1) is 0 Å². The lowest BCUT2D eigenvalue weighted by Crippen LogP contribution is -2.29. The maximum absolute atomic E-state index is 5.72. The fourth-order valence-electron chi connectivity index (χ4n) is 1.96. The molecule has 100 valence electrons. The van der Waals surface area contributed by atoms with Gasteiger partial charge in [0, 0.05) is 7.05 Å². The summed E-state index contributed by atoms with van der Waals surface area (Å²) in [7, 11) is 1.78. The highest BCUT2D eigenvalue weighted by Gasteiger charge is 2.23. The summed E-state index contributed by atoms with van der Waals surface area (Å²) in [5.74, 6) is 6.52. The zero-order valence-electron chi connectivity index (χ0n) is 10.8. The molecule has 0 amide bonds. The summed E-state index contributed by atoms with van der Waals surface area (Å²) in [6.07, 6.45) is 4.44. The molecule has 6 heteroatoms. The van der Waals surface area contributed by atoms with Crippen LogP contribution < -0.4 is 16.0 Å². The minimum Gasteiger partial charge on any atom is -0.490 e. The van der Waals surface area contributed by atoms with Crippen molar-refractivity contribution >= 4 is 0 Å². The highest BCUT2D eigenvalue weighted by molar-refractivity contribution is 5.32. The summed E-state index contributed by atoms with van der Waals surface area (Å²) in [5.41, 5.74) is 4.59. The van der Waals surface area contributed by atoms with Crippen LogP contribution in [0.3, 0.4) is 0 Å². The molecule has 0 radical (unpaired) electrons. The Balaban J connectivity index is 1.78. The number of aryl methyl sites for hydroxylation is 1. The highest BCUT2D eigenvalue weighted by atomic mass is 16.5. The number of benzene rings is 1. The van der Waals surface area contributed by atoms with E-state index in [1.54, 1.807) is 13.2 Å². The van der Waals surface area contributed by atoms with Crippen molar-refractivity contribution < 1.29 is 4.74 Å². The van der Waals surface area contributed by atoms with Crippen molar-refractivity contribution in [3.05, 3.63) is 41.7 Å². The molecule has 0 bridgehead atoms. The van der Waals surface area contributed by atoms with E-state index in [0.717, 1.165) is 29.8 Å². The van der Waals surface area contributed by atoms with Crippen LogP contribution in [0.4, 0.5) is 0 Å². The average molecular weight is 259 g/mol. The normalized spacial score (nSPS) is 16.3. The SMILES string of the molecule is Cn1ncc(C(NN)c2ccc(OC3CC3)cc2)n1. The zero-order valence-corrected chi connectivity index (χ0v) is 10.8. The largest absolute Gasteiger partial charge is 0.490 e. The average Bonchev–Trinajstić information content (AvgIpc) is 3.13. The lowest BCUT2D eigenvalue weighted by molar-refractivity contribution is 0.303. The topological polar surface area (TPSA) is 78.0 Å². The summed E-state index contributed by atoms with van der Waals surface area (Å²) in [5, 5.41) is 8.33. The smallest absolute Gasteiger partial charge is 0.119 e. The Kier molecular flexibility index (Phi) is 3.18. The van der Waals surface area contributed by atoms with E-state index in [1.807, 2.05) is 24.3 Å². The van der Waals surface area contributed by atoms with Crippen LogP contribution in [0.25, 0.3) is 0 Å². The number of nitrogens with zero attached hydrogens (tertiary/aromatic N) is 3. The van der Waals surface area contributed by atoms with Crippen LogP contribution >= 0.6 is 0 Å². The third-order valence-corrected chi connectivity index (χ3v) is 3.12. The minimum atomic E-state index is -0.163. The number of hydrogen-bond donors (Lipinski definition) is 2. The molecule has 1 heterocycles. The summed E-state index contributed by atoms with van der Waals surface area (Å²) in [4.78, 5) is 1.52. The van der Waals surface area contributed by atoms with Gasteiger partial charge in [0.25, 0.3) is 0 Å². The number of hydrogen-bond acceptors (Lipinski definition) is 5. The van der Waals surface area contributed by atoms with Gasteiger partial charge in [-0.25, -0.2) is 5.43 Å². The van der Waals surface area contributed by atoms with Gasteiger partial charge < -0.3 is 4.74 Å². The van der Waals surface area contributed by atoms with Gasteiger partial charge in [-0.3, -0.25) is 5.84 Å². The van der Waals surface area contributed by atoms with Crippen LogP contribution in [-0.4, -0.2) is 21.1 Å². The Morgan fingerprint density at radius 3 is 2.63 bits per heavy atom. The molecular formula is C13H17N5O. The van der Waals surface area contributed by atoms with Crippen molar-refractivity contribution in [1.82, 2.24) is 20.4 Å². The first kappa shape index (κ1) is 12.1. The number of hydrazine groups is 1. The van der Waals surface area contributed by atoms with Gasteiger partial charge in [-0.1, -0.05) is 12.1 Å². The first-order chi connectivity index (χ1) is 9.26. The number of nitrogens with one attached hydrogen (secondary N) is 1. The molecule has 1 unspecified atom stereocenters. The Bertz CT molecular complexity index is 546. The first-order valence-electron chi connectivity index (χ1n) is 6.35. The fraction of sp³-hybridized carbons (Fsp3) is 0.385. The molecule has 1 aromatic heterocycles. The van der Waals surface area contributed by atoms with E-state index in [1.165, 1.54) is 4.80 Å². The molecule has 0 aliphatic heterocycles. The maximum Gasteiger partial charge on any atom is 0.119 e. The van der Waals surface area contributed by atoms with Crippen molar-refractivity contribution in [3.8, 4) is 5.75 Å². The molecule has 0 spiro atoms. The van der Waals surface area contributed by atoms with Crippen molar-refractivity contribution in [1.29, 1.82) is 0 Å². The number of ether oxygens (including phenoxy) is 1. The molecule has 2 aromatic rings. The predicted molar refractivity (Wildman–Crippen MR) is 70.3 cm³/mol. The molecule has 3 N–H and O–H groups in total. The zero-order chi connectivity index (χ0) is 13.2. The van der Waals surface area contributed by atoms with Gasteiger partial charge in [0.05, 0.1) is 18.3 Å². The Hall–Kier alpha value is -1.92. The predicted octanol–water partition coefficient (Wildman–Crippen LogP) is 0.909. The third kappa shape index (κ3) is 2.74. The summed E-state index contributed by atoms with van der Waals surface area (Å²) < 4.78 is 5.72. The van der Waals surface area contributed by atoms with E-state index < -0.39 is 0 Å². The van der Waals surface area contributed by atoms with E-state index in [4.69, 9.17) is 10.6 Å². The monoisotopic (exact) mass is 259 g/mol. The van der Waals surface area contributed by atoms with Crippen molar-refractivity contribution in [2.24, 2.45) is 12.9 Å². The van der Waals surface area contributed by atoms with Crippen molar-refractivity contribution in [2.75, 3.05) is 0 Å². The lowest BCUT2D eigenvalue weighted by atomic mass is 10.1. The van der Waals surface area contributed by atoms with Crippen LogP contribution in [0.1, 0.15) is 30.1 Å². The molecule has 0 saturated heterocycles. The minimum absolute atomic E-state index is 0.163. The Morgan fingerprint density at radius 2 is 2.11 bits per heavy atom. The van der Waals surface area contributed by atoms with Crippen LogP contribution in [-0.2, 0) is 7.05 Å². The molecule has 1 saturated carbocycles. The van der Waals surface area contributed by atoms with Crippen LogP contribution in [0.15, 0.2) is 30.5 Å². The molecule has 6 nitrogen and oxygen atoms in total. The summed E-state index contributed by atoms with van der Waals surface area (Å²) >= 11 is 0. The quantitative estimate of drug-likeness (QED) is 0.616. The van der Waals surface area contributed by atoms with Gasteiger partial charge in [0.2, 0.25) is 0 Å². The molecule has 1 atom stereocenters. The molecule has 1 fully saturated rings. The van der Waals surface area contributed by atoms with E-state index in [9.17, 15) is 0 Å². The molecule has 3 rings (SSSR count). The molecule has 1 aromatic carbocycles. The Labute approximate surface area is 111 Å². The van der Waals surface area contributed by atoms with E-state index in [2.05, 4.69) is 15.6 Å². The van der Waals surface area contributed by atoms with Gasteiger partial charge in [0.1, 0.15) is 11.4 Å². The first-order valence-corrected chi connectivity index (χ1v) is 6.35. The van der Waals surface area contributed by atoms with Crippen molar-refractivity contribution in [2.45, 2.75) is 25.0 Å². The van der Waals surface area contributed by atoms with E-state index >= 15 is 0 Å². The van der Waals surface area contributed by atoms with Crippen LogP contribution in [0.2, 0.25) is 0 Å². The molecule has 1 aliphatic rings. The second-order valence-corrected chi connectivity index (χ2v) is 4.74. The standard InChI is InChI=1S/C13H17N5O/c1-18-15-8-12(17-18)13(16-14)9-2-4-10(5-3-9)19-11-6-7-11/h2-5,8,11,13,16H,6-7,14H2,1H3. The maximum atomic E-state index is 5.72.